The molecule has 1 aliphatic heterocycles. The maximum atomic E-state index is 5.31. The lowest BCUT2D eigenvalue weighted by Gasteiger charge is -2.40. The van der Waals surface area contributed by atoms with E-state index in [1.165, 1.54) is 5.56 Å². The zero-order valence-corrected chi connectivity index (χ0v) is 15.1. The van der Waals surface area contributed by atoms with E-state index in [0.29, 0.717) is 11.9 Å². The SMILES string of the molecule is Cc1nc(NCc2ccccc2)cc(C2CCN2Cc2coc(C)n2)n1. The molecule has 1 aliphatic rings. The van der Waals surface area contributed by atoms with Crippen molar-refractivity contribution in [2.75, 3.05) is 11.9 Å². The van der Waals surface area contributed by atoms with E-state index in [2.05, 4.69) is 43.4 Å². The van der Waals surface area contributed by atoms with Crippen LogP contribution in [0.15, 0.2) is 47.1 Å². The largest absolute Gasteiger partial charge is 0.449 e. The van der Waals surface area contributed by atoms with Crippen LogP contribution in [0, 0.1) is 13.8 Å². The highest BCUT2D eigenvalue weighted by Crippen LogP contribution is 2.34. The quantitative estimate of drug-likeness (QED) is 0.733. The zero-order valence-electron chi connectivity index (χ0n) is 15.1. The summed E-state index contributed by atoms with van der Waals surface area (Å²) < 4.78 is 5.31. The predicted molar refractivity (Wildman–Crippen MR) is 99.5 cm³/mol. The molecule has 0 saturated carbocycles. The highest BCUT2D eigenvalue weighted by molar-refractivity contribution is 5.38. The summed E-state index contributed by atoms with van der Waals surface area (Å²) in [4.78, 5) is 16.0. The third kappa shape index (κ3) is 3.75. The summed E-state index contributed by atoms with van der Waals surface area (Å²) in [5.41, 5.74) is 3.27. The Labute approximate surface area is 153 Å². The Bertz CT molecular complexity index is 877. The molecule has 0 aliphatic carbocycles. The molecule has 6 heteroatoms. The average Bonchev–Trinajstić information content (AvgIpc) is 3.03. The fourth-order valence-electron chi connectivity index (χ4n) is 3.29. The fourth-order valence-corrected chi connectivity index (χ4v) is 3.29. The van der Waals surface area contributed by atoms with E-state index in [4.69, 9.17) is 4.42 Å². The van der Waals surface area contributed by atoms with Crippen molar-refractivity contribution in [2.24, 2.45) is 0 Å². The second-order valence-electron chi connectivity index (χ2n) is 6.70. The van der Waals surface area contributed by atoms with Crippen LogP contribution >= 0.6 is 0 Å². The minimum absolute atomic E-state index is 0.311. The third-order valence-electron chi connectivity index (χ3n) is 4.68. The molecule has 3 heterocycles. The second-order valence-corrected chi connectivity index (χ2v) is 6.70. The Morgan fingerprint density at radius 3 is 2.69 bits per heavy atom. The predicted octanol–water partition coefficient (Wildman–Crippen LogP) is 3.64. The topological polar surface area (TPSA) is 67.1 Å². The molecule has 1 saturated heterocycles. The van der Waals surface area contributed by atoms with Gasteiger partial charge in [-0.25, -0.2) is 15.0 Å². The minimum atomic E-state index is 0.311. The van der Waals surface area contributed by atoms with Gasteiger partial charge in [-0.1, -0.05) is 30.3 Å². The summed E-state index contributed by atoms with van der Waals surface area (Å²) in [7, 11) is 0. The number of oxazole rings is 1. The fraction of sp³-hybridized carbons (Fsp3) is 0.350. The van der Waals surface area contributed by atoms with E-state index in [9.17, 15) is 0 Å². The van der Waals surface area contributed by atoms with E-state index in [-0.39, 0.29) is 0 Å². The van der Waals surface area contributed by atoms with Gasteiger partial charge in [0.05, 0.1) is 17.4 Å². The summed E-state index contributed by atoms with van der Waals surface area (Å²) in [5.74, 6) is 2.38. The molecule has 0 bridgehead atoms. The van der Waals surface area contributed by atoms with Gasteiger partial charge in [0, 0.05) is 32.6 Å². The van der Waals surface area contributed by atoms with Crippen molar-refractivity contribution in [2.45, 2.75) is 39.4 Å². The van der Waals surface area contributed by atoms with Crippen LogP contribution < -0.4 is 5.32 Å². The molecular formula is C20H23N5O. The lowest BCUT2D eigenvalue weighted by molar-refractivity contribution is 0.0770. The van der Waals surface area contributed by atoms with E-state index in [1.54, 1.807) is 6.26 Å². The molecule has 0 radical (unpaired) electrons. The average molecular weight is 349 g/mol. The number of hydrogen-bond donors (Lipinski definition) is 1. The van der Waals surface area contributed by atoms with Crippen molar-refractivity contribution < 1.29 is 4.42 Å². The number of likely N-dealkylation sites (tertiary alicyclic amines) is 1. The molecule has 6 nitrogen and oxygen atoms in total. The van der Waals surface area contributed by atoms with Crippen LogP contribution in [0.5, 0.6) is 0 Å². The van der Waals surface area contributed by atoms with E-state index < -0.39 is 0 Å². The van der Waals surface area contributed by atoms with Crippen LogP contribution in [0.3, 0.4) is 0 Å². The van der Waals surface area contributed by atoms with Crippen LogP contribution in [0.4, 0.5) is 5.82 Å². The molecule has 4 rings (SSSR count). The van der Waals surface area contributed by atoms with Gasteiger partial charge in [0.1, 0.15) is 17.9 Å². The Kier molecular flexibility index (Phi) is 4.67. The number of hydrogen-bond acceptors (Lipinski definition) is 6. The summed E-state index contributed by atoms with van der Waals surface area (Å²) in [5, 5.41) is 3.42. The summed E-state index contributed by atoms with van der Waals surface area (Å²) in [6.45, 7) is 6.41. The Hall–Kier alpha value is -2.73. The van der Waals surface area contributed by atoms with Crippen molar-refractivity contribution in [3.8, 4) is 0 Å². The lowest BCUT2D eigenvalue weighted by Crippen LogP contribution is -2.40. The Morgan fingerprint density at radius 2 is 2.00 bits per heavy atom. The summed E-state index contributed by atoms with van der Waals surface area (Å²) in [6.07, 6.45) is 2.84. The molecule has 0 amide bonds. The number of aryl methyl sites for hydroxylation is 2. The normalized spacial score (nSPS) is 17.1. The van der Waals surface area contributed by atoms with Crippen molar-refractivity contribution in [1.82, 2.24) is 19.9 Å². The second kappa shape index (κ2) is 7.25. The minimum Gasteiger partial charge on any atom is -0.449 e. The molecular weight excluding hydrogens is 326 g/mol. The molecule has 1 N–H and O–H groups in total. The molecule has 134 valence electrons. The summed E-state index contributed by atoms with van der Waals surface area (Å²) >= 11 is 0. The number of nitrogens with zero attached hydrogens (tertiary/aromatic N) is 4. The molecule has 2 aromatic heterocycles. The molecule has 3 aromatic rings. The Morgan fingerprint density at radius 1 is 1.15 bits per heavy atom. The van der Waals surface area contributed by atoms with Crippen molar-refractivity contribution in [1.29, 1.82) is 0 Å². The van der Waals surface area contributed by atoms with Gasteiger partial charge < -0.3 is 9.73 Å². The third-order valence-corrected chi connectivity index (χ3v) is 4.68. The Balaban J connectivity index is 1.45. The zero-order chi connectivity index (χ0) is 17.9. The number of benzene rings is 1. The molecule has 26 heavy (non-hydrogen) atoms. The van der Waals surface area contributed by atoms with Crippen molar-refractivity contribution >= 4 is 5.82 Å². The first-order valence-corrected chi connectivity index (χ1v) is 8.96. The van der Waals surface area contributed by atoms with Crippen LogP contribution in [0.25, 0.3) is 0 Å². The van der Waals surface area contributed by atoms with Gasteiger partial charge in [-0.05, 0) is 18.9 Å². The van der Waals surface area contributed by atoms with Gasteiger partial charge >= 0.3 is 0 Å². The maximum absolute atomic E-state index is 5.31. The number of anilines is 1. The number of aromatic nitrogens is 3. The molecule has 1 atom stereocenters. The monoisotopic (exact) mass is 349 g/mol. The molecule has 0 spiro atoms. The van der Waals surface area contributed by atoms with E-state index in [0.717, 1.165) is 49.1 Å². The van der Waals surface area contributed by atoms with Crippen molar-refractivity contribution in [3.63, 3.8) is 0 Å². The van der Waals surface area contributed by atoms with Crippen LogP contribution in [0.1, 0.15) is 41.1 Å². The van der Waals surface area contributed by atoms with Gasteiger partial charge in [0.2, 0.25) is 0 Å². The molecule has 1 aromatic carbocycles. The van der Waals surface area contributed by atoms with Crippen LogP contribution in [0.2, 0.25) is 0 Å². The van der Waals surface area contributed by atoms with Gasteiger partial charge in [-0.3, -0.25) is 4.90 Å². The number of rotatable bonds is 6. The highest BCUT2D eigenvalue weighted by Gasteiger charge is 2.31. The van der Waals surface area contributed by atoms with Gasteiger partial charge in [0.15, 0.2) is 5.89 Å². The first kappa shape index (κ1) is 16.7. The van der Waals surface area contributed by atoms with E-state index >= 15 is 0 Å². The molecule has 1 fully saturated rings. The lowest BCUT2D eigenvalue weighted by atomic mass is 9.99. The van der Waals surface area contributed by atoms with Gasteiger partial charge in [0.25, 0.3) is 0 Å². The van der Waals surface area contributed by atoms with E-state index in [1.807, 2.05) is 32.0 Å². The first-order valence-electron chi connectivity index (χ1n) is 8.96. The smallest absolute Gasteiger partial charge is 0.191 e. The summed E-state index contributed by atoms with van der Waals surface area (Å²) in [6, 6.07) is 12.7. The van der Waals surface area contributed by atoms with Crippen LogP contribution in [-0.2, 0) is 13.1 Å². The molecule has 1 unspecified atom stereocenters. The number of nitrogens with one attached hydrogen (secondary N) is 1. The van der Waals surface area contributed by atoms with Gasteiger partial charge in [-0.15, -0.1) is 0 Å². The standard InChI is InChI=1S/C20H23N5O/c1-14-22-18(10-20(23-14)21-11-16-6-4-3-5-7-16)19-8-9-25(19)12-17-13-26-15(2)24-17/h3-7,10,13,19H,8-9,11-12H2,1-2H3,(H,21,22,23). The first-order chi connectivity index (χ1) is 12.7. The highest BCUT2D eigenvalue weighted by atomic mass is 16.3. The van der Waals surface area contributed by atoms with Gasteiger partial charge in [-0.2, -0.15) is 0 Å². The maximum Gasteiger partial charge on any atom is 0.191 e. The van der Waals surface area contributed by atoms with Crippen LogP contribution in [-0.4, -0.2) is 26.4 Å². The van der Waals surface area contributed by atoms with Crippen molar-refractivity contribution in [3.05, 3.63) is 71.3 Å².